The zero-order valence-corrected chi connectivity index (χ0v) is 15.2. The molecule has 0 spiro atoms. The molecule has 3 rings (SSSR count). The van der Waals surface area contributed by atoms with Gasteiger partial charge < -0.3 is 10.4 Å². The smallest absolute Gasteiger partial charge is 0.326 e. The standard InChI is InChI=1S/C22H18ClNO3/c23-19-9-5-4-8-18(19)14-20(22(26)27)24-21(25)17-12-10-16(11-13-17)15-6-2-1-3-7-15/h1-13,20H,14H2,(H,24,25)(H,26,27)/t20-/m1/s1. The Balaban J connectivity index is 1.72. The lowest BCUT2D eigenvalue weighted by Gasteiger charge is -2.15. The molecule has 0 saturated carbocycles. The molecule has 136 valence electrons. The van der Waals surface area contributed by atoms with Gasteiger partial charge in [0, 0.05) is 17.0 Å². The predicted molar refractivity (Wildman–Crippen MR) is 106 cm³/mol. The Morgan fingerprint density at radius 1 is 0.852 bits per heavy atom. The molecule has 27 heavy (non-hydrogen) atoms. The average Bonchev–Trinajstić information content (AvgIpc) is 2.69. The molecule has 3 aromatic carbocycles. The number of halogens is 1. The molecule has 3 aromatic rings. The van der Waals surface area contributed by atoms with Crippen LogP contribution in [0.4, 0.5) is 0 Å². The third kappa shape index (κ3) is 4.74. The number of carboxylic acid groups (broad SMARTS) is 1. The second-order valence-electron chi connectivity index (χ2n) is 6.10. The summed E-state index contributed by atoms with van der Waals surface area (Å²) < 4.78 is 0. The van der Waals surface area contributed by atoms with E-state index in [1.54, 1.807) is 36.4 Å². The number of rotatable bonds is 6. The third-order valence-corrected chi connectivity index (χ3v) is 4.61. The minimum Gasteiger partial charge on any atom is -0.480 e. The van der Waals surface area contributed by atoms with Gasteiger partial charge in [-0.1, -0.05) is 72.3 Å². The van der Waals surface area contributed by atoms with Gasteiger partial charge in [0.2, 0.25) is 0 Å². The van der Waals surface area contributed by atoms with Crippen molar-refractivity contribution in [1.29, 1.82) is 0 Å². The highest BCUT2D eigenvalue weighted by Crippen LogP contribution is 2.20. The number of hydrogen-bond donors (Lipinski definition) is 2. The van der Waals surface area contributed by atoms with E-state index in [1.165, 1.54) is 0 Å². The zero-order valence-electron chi connectivity index (χ0n) is 14.4. The molecular formula is C22H18ClNO3. The second kappa shape index (κ2) is 8.52. The van der Waals surface area contributed by atoms with Crippen LogP contribution in [0.25, 0.3) is 11.1 Å². The number of carboxylic acids is 1. The maximum Gasteiger partial charge on any atom is 0.326 e. The van der Waals surface area contributed by atoms with Crippen molar-refractivity contribution >= 4 is 23.5 Å². The minimum absolute atomic E-state index is 0.114. The Morgan fingerprint density at radius 2 is 1.44 bits per heavy atom. The van der Waals surface area contributed by atoms with Gasteiger partial charge in [-0.05, 0) is 34.9 Å². The van der Waals surface area contributed by atoms with Crippen molar-refractivity contribution < 1.29 is 14.7 Å². The molecule has 2 N–H and O–H groups in total. The largest absolute Gasteiger partial charge is 0.480 e. The fraction of sp³-hybridized carbons (Fsp3) is 0.0909. The first-order valence-corrected chi connectivity index (χ1v) is 8.85. The van der Waals surface area contributed by atoms with E-state index in [-0.39, 0.29) is 6.42 Å². The number of hydrogen-bond acceptors (Lipinski definition) is 2. The summed E-state index contributed by atoms with van der Waals surface area (Å²) in [6, 6.07) is 22.8. The monoisotopic (exact) mass is 379 g/mol. The molecule has 0 unspecified atom stereocenters. The number of aliphatic carboxylic acids is 1. The fourth-order valence-corrected chi connectivity index (χ4v) is 2.98. The van der Waals surface area contributed by atoms with E-state index in [4.69, 9.17) is 11.6 Å². The van der Waals surface area contributed by atoms with Crippen molar-refractivity contribution in [3.05, 3.63) is 95.0 Å². The summed E-state index contributed by atoms with van der Waals surface area (Å²) in [5.74, 6) is -1.54. The lowest BCUT2D eigenvalue weighted by atomic mass is 10.0. The molecule has 0 fully saturated rings. The van der Waals surface area contributed by atoms with E-state index in [2.05, 4.69) is 5.32 Å². The maximum absolute atomic E-state index is 12.5. The molecule has 0 radical (unpaired) electrons. The Labute approximate surface area is 162 Å². The van der Waals surface area contributed by atoms with Crippen molar-refractivity contribution in [3.8, 4) is 11.1 Å². The third-order valence-electron chi connectivity index (χ3n) is 4.24. The quantitative estimate of drug-likeness (QED) is 0.665. The SMILES string of the molecule is O=C(N[C@H](Cc1ccccc1Cl)C(=O)O)c1ccc(-c2ccccc2)cc1. The summed E-state index contributed by atoms with van der Waals surface area (Å²) in [7, 11) is 0. The van der Waals surface area contributed by atoms with Gasteiger partial charge in [0.05, 0.1) is 0 Å². The molecule has 0 aliphatic heterocycles. The van der Waals surface area contributed by atoms with E-state index in [1.807, 2.05) is 42.5 Å². The number of nitrogens with one attached hydrogen (secondary N) is 1. The molecule has 5 heteroatoms. The van der Waals surface area contributed by atoms with Crippen LogP contribution in [0.1, 0.15) is 15.9 Å². The Hall–Kier alpha value is -3.11. The van der Waals surface area contributed by atoms with Gasteiger partial charge >= 0.3 is 5.97 Å². The molecular weight excluding hydrogens is 362 g/mol. The van der Waals surface area contributed by atoms with Gasteiger partial charge in [0.1, 0.15) is 6.04 Å². The molecule has 0 bridgehead atoms. The summed E-state index contributed by atoms with van der Waals surface area (Å²) >= 11 is 6.10. The highest BCUT2D eigenvalue weighted by molar-refractivity contribution is 6.31. The first-order valence-electron chi connectivity index (χ1n) is 8.47. The minimum atomic E-state index is -1.11. The van der Waals surface area contributed by atoms with Gasteiger partial charge in [0.15, 0.2) is 0 Å². The van der Waals surface area contributed by atoms with Crippen molar-refractivity contribution in [3.63, 3.8) is 0 Å². The fourth-order valence-electron chi connectivity index (χ4n) is 2.77. The van der Waals surface area contributed by atoms with Crippen molar-refractivity contribution in [2.24, 2.45) is 0 Å². The molecule has 4 nitrogen and oxygen atoms in total. The highest BCUT2D eigenvalue weighted by Gasteiger charge is 2.22. The van der Waals surface area contributed by atoms with Crippen LogP contribution in [-0.2, 0) is 11.2 Å². The number of carbonyl (C=O) groups excluding carboxylic acids is 1. The lowest BCUT2D eigenvalue weighted by Crippen LogP contribution is -2.42. The van der Waals surface area contributed by atoms with Crippen LogP contribution in [0.2, 0.25) is 5.02 Å². The van der Waals surface area contributed by atoms with Gasteiger partial charge in [-0.15, -0.1) is 0 Å². The maximum atomic E-state index is 12.5. The van der Waals surface area contributed by atoms with Gasteiger partial charge in [-0.3, -0.25) is 4.79 Å². The number of carbonyl (C=O) groups is 2. The molecule has 0 saturated heterocycles. The van der Waals surface area contributed by atoms with Crippen LogP contribution in [0, 0.1) is 0 Å². The molecule has 0 aliphatic carbocycles. The van der Waals surface area contributed by atoms with Crippen LogP contribution >= 0.6 is 11.6 Å². The molecule has 1 atom stereocenters. The number of amides is 1. The van der Waals surface area contributed by atoms with E-state index in [9.17, 15) is 14.7 Å². The van der Waals surface area contributed by atoms with Crippen LogP contribution in [0.3, 0.4) is 0 Å². The van der Waals surface area contributed by atoms with E-state index < -0.39 is 17.9 Å². The molecule has 0 aliphatic rings. The summed E-state index contributed by atoms with van der Waals surface area (Å²) in [6.07, 6.45) is 0.114. The Bertz CT molecular complexity index is 939. The molecule has 1 amide bonds. The average molecular weight is 380 g/mol. The molecule has 0 heterocycles. The van der Waals surface area contributed by atoms with Crippen molar-refractivity contribution in [2.75, 3.05) is 0 Å². The summed E-state index contributed by atoms with van der Waals surface area (Å²) in [6.45, 7) is 0. The topological polar surface area (TPSA) is 66.4 Å². The van der Waals surface area contributed by atoms with Gasteiger partial charge in [-0.2, -0.15) is 0 Å². The van der Waals surface area contributed by atoms with E-state index >= 15 is 0 Å². The first kappa shape index (κ1) is 18.7. The van der Waals surface area contributed by atoms with Crippen LogP contribution in [-0.4, -0.2) is 23.0 Å². The first-order chi connectivity index (χ1) is 13.0. The summed E-state index contributed by atoms with van der Waals surface area (Å²) in [4.78, 5) is 24.0. The van der Waals surface area contributed by atoms with Crippen molar-refractivity contribution in [2.45, 2.75) is 12.5 Å². The van der Waals surface area contributed by atoms with Crippen LogP contribution in [0.5, 0.6) is 0 Å². The highest BCUT2D eigenvalue weighted by atomic mass is 35.5. The number of benzene rings is 3. The summed E-state index contributed by atoms with van der Waals surface area (Å²) in [5, 5.41) is 12.5. The molecule has 0 aromatic heterocycles. The van der Waals surface area contributed by atoms with Gasteiger partial charge in [0.25, 0.3) is 5.91 Å². The second-order valence-corrected chi connectivity index (χ2v) is 6.51. The lowest BCUT2D eigenvalue weighted by molar-refractivity contribution is -0.139. The Morgan fingerprint density at radius 3 is 2.07 bits per heavy atom. The van der Waals surface area contributed by atoms with Crippen LogP contribution < -0.4 is 5.32 Å². The van der Waals surface area contributed by atoms with Crippen molar-refractivity contribution in [1.82, 2.24) is 5.32 Å². The normalized spacial score (nSPS) is 11.6. The zero-order chi connectivity index (χ0) is 19.2. The predicted octanol–water partition coefficient (Wildman–Crippen LogP) is 4.43. The van der Waals surface area contributed by atoms with Gasteiger partial charge in [-0.25, -0.2) is 4.79 Å². The van der Waals surface area contributed by atoms with Crippen LogP contribution in [0.15, 0.2) is 78.9 Å². The summed E-state index contributed by atoms with van der Waals surface area (Å²) in [5.41, 5.74) is 3.11. The van der Waals surface area contributed by atoms with E-state index in [0.717, 1.165) is 11.1 Å². The van der Waals surface area contributed by atoms with E-state index in [0.29, 0.717) is 16.1 Å². The Kier molecular flexibility index (Phi) is 5.89.